The van der Waals surface area contributed by atoms with E-state index in [0.29, 0.717) is 5.75 Å². The first-order valence-corrected chi connectivity index (χ1v) is 7.41. The van der Waals surface area contributed by atoms with Gasteiger partial charge >= 0.3 is 0 Å². The molecule has 108 valence electrons. The summed E-state index contributed by atoms with van der Waals surface area (Å²) in [6.07, 6.45) is 0. The molecular formula is C14H13N3O3S. The lowest BCUT2D eigenvalue weighted by Crippen LogP contribution is -2.14. The normalized spacial score (nSPS) is 10.7. The van der Waals surface area contributed by atoms with Crippen LogP contribution in [0.25, 0.3) is 0 Å². The van der Waals surface area contributed by atoms with Crippen LogP contribution in [-0.2, 0) is 10.0 Å². The summed E-state index contributed by atoms with van der Waals surface area (Å²) in [7, 11) is -2.38. The average Bonchev–Trinajstić information content (AvgIpc) is 2.47. The van der Waals surface area contributed by atoms with Crippen LogP contribution in [0.4, 0.5) is 11.4 Å². The molecular weight excluding hydrogens is 290 g/mol. The zero-order valence-electron chi connectivity index (χ0n) is 11.2. The molecule has 21 heavy (non-hydrogen) atoms. The van der Waals surface area contributed by atoms with Gasteiger partial charge in [0.2, 0.25) is 0 Å². The minimum Gasteiger partial charge on any atom is -0.495 e. The lowest BCUT2D eigenvalue weighted by atomic mass is 10.2. The molecule has 2 rings (SSSR count). The Bertz CT molecular complexity index is 810. The molecule has 0 aliphatic carbocycles. The van der Waals surface area contributed by atoms with Crippen LogP contribution in [0.2, 0.25) is 0 Å². The Balaban J connectivity index is 2.39. The summed E-state index contributed by atoms with van der Waals surface area (Å²) in [5.41, 5.74) is 6.38. The van der Waals surface area contributed by atoms with Crippen molar-refractivity contribution in [1.29, 1.82) is 5.26 Å². The monoisotopic (exact) mass is 303 g/mol. The van der Waals surface area contributed by atoms with E-state index < -0.39 is 10.0 Å². The fourth-order valence-corrected chi connectivity index (χ4v) is 2.87. The van der Waals surface area contributed by atoms with Crippen LogP contribution in [0.15, 0.2) is 47.4 Å². The number of nitrogens with two attached hydrogens (primary N) is 1. The fraction of sp³-hybridized carbons (Fsp3) is 0.0714. The van der Waals surface area contributed by atoms with E-state index in [4.69, 9.17) is 15.7 Å². The molecule has 0 aliphatic heterocycles. The van der Waals surface area contributed by atoms with Crippen molar-refractivity contribution in [1.82, 2.24) is 0 Å². The Labute approximate surface area is 122 Å². The second kappa shape index (κ2) is 5.73. The van der Waals surface area contributed by atoms with Gasteiger partial charge < -0.3 is 10.5 Å². The van der Waals surface area contributed by atoms with E-state index in [9.17, 15) is 8.42 Å². The number of hydrogen-bond acceptors (Lipinski definition) is 5. The lowest BCUT2D eigenvalue weighted by molar-refractivity contribution is 0.416. The van der Waals surface area contributed by atoms with Crippen molar-refractivity contribution in [2.45, 2.75) is 4.90 Å². The van der Waals surface area contributed by atoms with E-state index in [1.165, 1.54) is 37.4 Å². The molecule has 6 nitrogen and oxygen atoms in total. The minimum atomic E-state index is -3.83. The second-order valence-corrected chi connectivity index (χ2v) is 5.85. The number of ether oxygens (including phenoxy) is 1. The highest BCUT2D eigenvalue weighted by atomic mass is 32.2. The number of benzene rings is 2. The highest BCUT2D eigenvalue weighted by Crippen LogP contribution is 2.26. The van der Waals surface area contributed by atoms with E-state index in [0.717, 1.165) is 0 Å². The molecule has 0 heterocycles. The van der Waals surface area contributed by atoms with E-state index in [-0.39, 0.29) is 21.8 Å². The molecule has 0 spiro atoms. The molecule has 0 aromatic heterocycles. The fourth-order valence-electron chi connectivity index (χ4n) is 1.75. The van der Waals surface area contributed by atoms with E-state index in [2.05, 4.69) is 4.72 Å². The van der Waals surface area contributed by atoms with Crippen LogP contribution in [0.5, 0.6) is 5.75 Å². The quantitative estimate of drug-likeness (QED) is 0.840. The van der Waals surface area contributed by atoms with Crippen LogP contribution in [0.3, 0.4) is 0 Å². The summed E-state index contributed by atoms with van der Waals surface area (Å²) in [4.78, 5) is -0.00598. The third kappa shape index (κ3) is 3.07. The van der Waals surface area contributed by atoms with Gasteiger partial charge in [0, 0.05) is 0 Å². The molecule has 0 radical (unpaired) electrons. The molecule has 3 N–H and O–H groups in total. The van der Waals surface area contributed by atoms with Gasteiger partial charge in [0.25, 0.3) is 10.0 Å². The second-order valence-electron chi connectivity index (χ2n) is 4.17. The third-order valence-corrected chi connectivity index (χ3v) is 4.17. The van der Waals surface area contributed by atoms with E-state index in [1.807, 2.05) is 6.07 Å². The number of methoxy groups -OCH3 is 1. The predicted octanol–water partition coefficient (Wildman–Crippen LogP) is 1.95. The lowest BCUT2D eigenvalue weighted by Gasteiger charge is -2.11. The van der Waals surface area contributed by atoms with Crippen molar-refractivity contribution in [3.63, 3.8) is 0 Å². The van der Waals surface area contributed by atoms with Crippen molar-refractivity contribution in [3.8, 4) is 11.8 Å². The number of nitrogen functional groups attached to an aromatic ring is 1. The molecule has 0 saturated carbocycles. The largest absolute Gasteiger partial charge is 0.495 e. The first kappa shape index (κ1) is 14.7. The predicted molar refractivity (Wildman–Crippen MR) is 79.4 cm³/mol. The van der Waals surface area contributed by atoms with Crippen molar-refractivity contribution in [3.05, 3.63) is 48.0 Å². The average molecular weight is 303 g/mol. The molecule has 0 bridgehead atoms. The van der Waals surface area contributed by atoms with E-state index in [1.54, 1.807) is 12.1 Å². The van der Waals surface area contributed by atoms with E-state index >= 15 is 0 Å². The molecule has 0 aliphatic rings. The first-order valence-electron chi connectivity index (χ1n) is 5.93. The van der Waals surface area contributed by atoms with Crippen molar-refractivity contribution >= 4 is 21.4 Å². The maximum absolute atomic E-state index is 12.3. The Morgan fingerprint density at radius 2 is 1.95 bits per heavy atom. The number of nitrogens with one attached hydrogen (secondary N) is 1. The standard InChI is InChI=1S/C14H13N3O3S/c1-20-14-7-6-11(8-12(14)16)21(18,19)17-13-5-3-2-4-10(13)9-15/h2-8,17H,16H2,1H3. The first-order chi connectivity index (χ1) is 9.97. The van der Waals surface area contributed by atoms with Crippen LogP contribution in [0.1, 0.15) is 5.56 Å². The SMILES string of the molecule is COc1ccc(S(=O)(=O)Nc2ccccc2C#N)cc1N. The van der Waals surface area contributed by atoms with Gasteiger partial charge in [0.15, 0.2) is 0 Å². The van der Waals surface area contributed by atoms with Gasteiger partial charge in [-0.2, -0.15) is 5.26 Å². The summed E-state index contributed by atoms with van der Waals surface area (Å²) in [5.74, 6) is 0.395. The molecule has 7 heteroatoms. The van der Waals surface area contributed by atoms with Crippen molar-refractivity contribution < 1.29 is 13.2 Å². The summed E-state index contributed by atoms with van der Waals surface area (Å²) < 4.78 is 32.0. The van der Waals surface area contributed by atoms with Crippen molar-refractivity contribution in [2.24, 2.45) is 0 Å². The number of nitrogens with zero attached hydrogens (tertiary/aromatic N) is 1. The zero-order chi connectivity index (χ0) is 15.5. The number of rotatable bonds is 4. The minimum absolute atomic E-state index is 0.00598. The maximum Gasteiger partial charge on any atom is 0.262 e. The molecule has 0 fully saturated rings. The summed E-state index contributed by atoms with van der Waals surface area (Å²) in [6.45, 7) is 0. The number of hydrogen-bond donors (Lipinski definition) is 2. The smallest absolute Gasteiger partial charge is 0.262 e. The van der Waals surface area contributed by atoms with Crippen LogP contribution >= 0.6 is 0 Å². The maximum atomic E-state index is 12.3. The summed E-state index contributed by atoms with van der Waals surface area (Å²) in [5, 5.41) is 8.98. The van der Waals surface area contributed by atoms with Gasteiger partial charge in [-0.15, -0.1) is 0 Å². The molecule has 2 aromatic carbocycles. The number of para-hydroxylation sites is 1. The molecule has 0 amide bonds. The molecule has 0 unspecified atom stereocenters. The number of anilines is 2. The van der Waals surface area contributed by atoms with Gasteiger partial charge in [-0.1, -0.05) is 12.1 Å². The Kier molecular flexibility index (Phi) is 4.00. The molecule has 2 aromatic rings. The van der Waals surface area contributed by atoms with Gasteiger partial charge in [0.05, 0.1) is 28.9 Å². The van der Waals surface area contributed by atoms with Crippen LogP contribution < -0.4 is 15.2 Å². The highest BCUT2D eigenvalue weighted by Gasteiger charge is 2.17. The Morgan fingerprint density at radius 1 is 1.24 bits per heavy atom. The molecule has 0 atom stereocenters. The van der Waals surface area contributed by atoms with Gasteiger partial charge in [-0.05, 0) is 30.3 Å². The van der Waals surface area contributed by atoms with Gasteiger partial charge in [-0.3, -0.25) is 4.72 Å². The third-order valence-electron chi connectivity index (χ3n) is 2.80. The number of sulfonamides is 1. The Morgan fingerprint density at radius 3 is 2.57 bits per heavy atom. The zero-order valence-corrected chi connectivity index (χ0v) is 12.0. The highest BCUT2D eigenvalue weighted by molar-refractivity contribution is 7.92. The van der Waals surface area contributed by atoms with Crippen molar-refractivity contribution in [2.75, 3.05) is 17.6 Å². The van der Waals surface area contributed by atoms with Gasteiger partial charge in [-0.25, -0.2) is 8.42 Å². The number of nitriles is 1. The van der Waals surface area contributed by atoms with Gasteiger partial charge in [0.1, 0.15) is 11.8 Å². The van der Waals surface area contributed by atoms with Crippen LogP contribution in [0, 0.1) is 11.3 Å². The summed E-state index contributed by atoms with van der Waals surface area (Å²) in [6, 6.07) is 12.4. The Hall–Kier alpha value is -2.72. The van der Waals surface area contributed by atoms with Crippen LogP contribution in [-0.4, -0.2) is 15.5 Å². The topological polar surface area (TPSA) is 105 Å². The molecule has 0 saturated heterocycles. The summed E-state index contributed by atoms with van der Waals surface area (Å²) >= 11 is 0.